The van der Waals surface area contributed by atoms with Crippen LogP contribution in [0.4, 0.5) is 0 Å². The molecule has 0 aromatic heterocycles. The summed E-state index contributed by atoms with van der Waals surface area (Å²) in [5, 5.41) is 24.7. The van der Waals surface area contributed by atoms with Crippen molar-refractivity contribution in [3.63, 3.8) is 0 Å². The Labute approximate surface area is 237 Å². The van der Waals surface area contributed by atoms with Crippen LogP contribution in [0.15, 0.2) is 60.7 Å². The molecule has 1 aliphatic heterocycles. The van der Waals surface area contributed by atoms with Crippen LogP contribution < -0.4 is 5.32 Å². The third kappa shape index (κ3) is 8.26. The van der Waals surface area contributed by atoms with Crippen molar-refractivity contribution in [2.45, 2.75) is 63.1 Å². The second-order valence-corrected chi connectivity index (χ2v) is 10.1. The van der Waals surface area contributed by atoms with E-state index in [1.807, 2.05) is 30.3 Å². The summed E-state index contributed by atoms with van der Waals surface area (Å²) in [4.78, 5) is 38.2. The molecule has 0 unspecified atom stereocenters. The molecule has 11 nitrogen and oxygen atoms in total. The van der Waals surface area contributed by atoms with Gasteiger partial charge >= 0.3 is 11.9 Å². The Balaban J connectivity index is 1.91. The maximum atomic E-state index is 13.0. The van der Waals surface area contributed by atoms with E-state index in [-0.39, 0.29) is 25.2 Å². The van der Waals surface area contributed by atoms with Gasteiger partial charge in [0.15, 0.2) is 0 Å². The summed E-state index contributed by atoms with van der Waals surface area (Å²) in [5.41, 5.74) is 1.09. The van der Waals surface area contributed by atoms with Gasteiger partial charge in [-0.15, -0.1) is 0 Å². The molecule has 1 amide bonds. The second-order valence-electron chi connectivity index (χ2n) is 9.12. The molecule has 1 fully saturated rings. The molecule has 1 aliphatic rings. The highest BCUT2D eigenvalue weighted by molar-refractivity contribution is 7.94. The van der Waals surface area contributed by atoms with E-state index in [4.69, 9.17) is 23.1 Å². The zero-order valence-electron chi connectivity index (χ0n) is 22.6. The monoisotopic (exact) mass is 577 g/mol. The third-order valence-corrected chi connectivity index (χ3v) is 6.75. The largest absolute Gasteiger partial charge is 0.465 e. The fourth-order valence-electron chi connectivity index (χ4n) is 4.25. The lowest BCUT2D eigenvalue weighted by Crippen LogP contribution is -2.68. The number of aliphatic hydroxyl groups excluding tert-OH is 2. The molecule has 218 valence electrons. The minimum absolute atomic E-state index is 0.172. The lowest BCUT2D eigenvalue weighted by Gasteiger charge is -2.47. The third-order valence-electron chi connectivity index (χ3n) is 6.13. The molecule has 1 saturated heterocycles. The quantitative estimate of drug-likeness (QED) is 0.237. The molecule has 0 saturated carbocycles. The molecule has 40 heavy (non-hydrogen) atoms. The number of amides is 1. The molecule has 2 aromatic carbocycles. The predicted octanol–water partition coefficient (Wildman–Crippen LogP) is 2.00. The van der Waals surface area contributed by atoms with Crippen LogP contribution in [-0.2, 0) is 39.3 Å². The topological polar surface area (TPSA) is 150 Å². The average molecular weight is 578 g/mol. The fourth-order valence-corrected chi connectivity index (χ4v) is 4.73. The number of aliphatic hydroxyl groups is 2. The van der Waals surface area contributed by atoms with Gasteiger partial charge in [-0.25, -0.2) is 9.59 Å². The van der Waals surface area contributed by atoms with E-state index < -0.39 is 54.1 Å². The Bertz CT molecular complexity index is 1100. The minimum Gasteiger partial charge on any atom is -0.465 e. The van der Waals surface area contributed by atoms with Gasteiger partial charge in [-0.3, -0.25) is 8.98 Å². The van der Waals surface area contributed by atoms with Gasteiger partial charge in [0.05, 0.1) is 38.3 Å². The lowest BCUT2D eigenvalue weighted by atomic mass is 9.88. The number of esters is 2. The molecule has 3 N–H and O–H groups in total. The van der Waals surface area contributed by atoms with Gasteiger partial charge in [0.25, 0.3) is 5.79 Å². The van der Waals surface area contributed by atoms with Gasteiger partial charge in [0.2, 0.25) is 5.91 Å². The molecule has 1 heterocycles. The molecule has 12 heteroatoms. The zero-order valence-corrected chi connectivity index (χ0v) is 23.4. The Morgan fingerprint density at radius 1 is 1.10 bits per heavy atom. The molecular weight excluding hydrogens is 542 g/mol. The van der Waals surface area contributed by atoms with E-state index >= 15 is 0 Å². The summed E-state index contributed by atoms with van der Waals surface area (Å²) < 4.78 is 28.0. The maximum absolute atomic E-state index is 13.0. The van der Waals surface area contributed by atoms with Crippen molar-refractivity contribution in [3.8, 4) is 0 Å². The Kier molecular flexibility index (Phi) is 11.9. The number of hydrogen-bond acceptors (Lipinski definition) is 11. The van der Waals surface area contributed by atoms with E-state index in [2.05, 4.69) is 5.32 Å². The van der Waals surface area contributed by atoms with Crippen molar-refractivity contribution in [1.82, 2.24) is 5.32 Å². The SMILES string of the molecule is CCSO[C@]1(C(=O)OC)C[C@H](OC(=O)c2ccccc2)[C@@H](NC(C)=O)[C@H]([C@H](O)[C@H](O)COCc2ccccc2)O1. The summed E-state index contributed by atoms with van der Waals surface area (Å²) >= 11 is 0.901. The smallest absolute Gasteiger partial charge is 0.367 e. The zero-order chi connectivity index (χ0) is 29.1. The number of rotatable bonds is 13. The predicted molar refractivity (Wildman–Crippen MR) is 145 cm³/mol. The van der Waals surface area contributed by atoms with E-state index in [1.165, 1.54) is 6.92 Å². The first-order valence-electron chi connectivity index (χ1n) is 12.8. The standard InChI is InChI=1S/C28H35NO10S/c1-4-40-39-28(27(34)35-3)15-22(37-26(33)20-13-9-6-10-14-20)23(29-18(2)30)25(38-28)24(32)21(31)17-36-16-19-11-7-5-8-12-19/h5-14,21-25,31-32H,4,15-17H2,1-3H3,(H,29,30)/t21-,22+,23-,24-,25-,28+/m1/s1. The van der Waals surface area contributed by atoms with Crippen LogP contribution in [0.1, 0.15) is 36.2 Å². The summed E-state index contributed by atoms with van der Waals surface area (Å²) in [6.45, 7) is 2.90. The van der Waals surface area contributed by atoms with Gasteiger partial charge in [0.1, 0.15) is 24.4 Å². The minimum atomic E-state index is -2.12. The van der Waals surface area contributed by atoms with Gasteiger partial charge in [0, 0.05) is 12.7 Å². The van der Waals surface area contributed by atoms with Crippen molar-refractivity contribution in [2.75, 3.05) is 19.5 Å². The highest BCUT2D eigenvalue weighted by Gasteiger charge is 2.58. The summed E-state index contributed by atoms with van der Waals surface area (Å²) in [7, 11) is 1.13. The Hall–Kier alpha value is -3.00. The number of nitrogens with one attached hydrogen (secondary N) is 1. The van der Waals surface area contributed by atoms with Crippen molar-refractivity contribution in [1.29, 1.82) is 0 Å². The van der Waals surface area contributed by atoms with Crippen molar-refractivity contribution in [2.24, 2.45) is 0 Å². The van der Waals surface area contributed by atoms with Gasteiger partial charge in [-0.05, 0) is 29.7 Å². The lowest BCUT2D eigenvalue weighted by molar-refractivity contribution is -0.282. The Morgan fingerprint density at radius 2 is 1.75 bits per heavy atom. The van der Waals surface area contributed by atoms with Crippen LogP contribution in [0.5, 0.6) is 0 Å². The number of hydrogen-bond donors (Lipinski definition) is 3. The Morgan fingerprint density at radius 3 is 2.35 bits per heavy atom. The molecule has 0 bridgehead atoms. The fraction of sp³-hybridized carbons (Fsp3) is 0.464. The van der Waals surface area contributed by atoms with Gasteiger partial charge < -0.3 is 34.5 Å². The van der Waals surface area contributed by atoms with Gasteiger partial charge in [-0.2, -0.15) is 0 Å². The molecule has 6 atom stereocenters. The van der Waals surface area contributed by atoms with E-state index in [9.17, 15) is 24.6 Å². The molecule has 2 aromatic rings. The number of methoxy groups -OCH3 is 1. The normalized spacial score (nSPS) is 24.0. The van der Waals surface area contributed by atoms with Crippen molar-refractivity contribution in [3.05, 3.63) is 71.8 Å². The van der Waals surface area contributed by atoms with Crippen LogP contribution in [0, 0.1) is 0 Å². The molecule has 3 rings (SSSR count). The van der Waals surface area contributed by atoms with E-state index in [1.54, 1.807) is 37.3 Å². The van der Waals surface area contributed by atoms with Gasteiger partial charge in [-0.1, -0.05) is 55.5 Å². The van der Waals surface area contributed by atoms with Crippen molar-refractivity contribution < 1.29 is 47.7 Å². The van der Waals surface area contributed by atoms with E-state index in [0.29, 0.717) is 5.75 Å². The molecule has 0 radical (unpaired) electrons. The average Bonchev–Trinajstić information content (AvgIpc) is 2.97. The highest BCUT2D eigenvalue weighted by Crippen LogP contribution is 2.38. The number of ether oxygens (including phenoxy) is 4. The van der Waals surface area contributed by atoms with Crippen LogP contribution in [0.3, 0.4) is 0 Å². The first-order chi connectivity index (χ1) is 19.2. The van der Waals surface area contributed by atoms with Crippen LogP contribution in [-0.4, -0.2) is 83.8 Å². The first-order valence-corrected chi connectivity index (χ1v) is 13.7. The summed E-state index contributed by atoms with van der Waals surface area (Å²) in [6, 6.07) is 16.2. The molecular formula is C28H35NO10S. The summed E-state index contributed by atoms with van der Waals surface area (Å²) in [6.07, 6.45) is -6.27. The van der Waals surface area contributed by atoms with E-state index in [0.717, 1.165) is 24.7 Å². The maximum Gasteiger partial charge on any atom is 0.367 e. The van der Waals surface area contributed by atoms with Crippen LogP contribution in [0.25, 0.3) is 0 Å². The first kappa shape index (κ1) is 31.5. The number of benzene rings is 2. The van der Waals surface area contributed by atoms with Crippen LogP contribution in [0.2, 0.25) is 0 Å². The van der Waals surface area contributed by atoms with Crippen LogP contribution >= 0.6 is 12.0 Å². The van der Waals surface area contributed by atoms with Crippen molar-refractivity contribution >= 4 is 29.9 Å². The molecule has 0 spiro atoms. The number of carbonyl (C=O) groups is 3. The summed E-state index contributed by atoms with van der Waals surface area (Å²) in [5.74, 6) is -3.89. The second kappa shape index (κ2) is 15.1. The number of carbonyl (C=O) groups excluding carboxylic acids is 3. The molecule has 0 aliphatic carbocycles. The highest BCUT2D eigenvalue weighted by atomic mass is 32.2.